The lowest BCUT2D eigenvalue weighted by molar-refractivity contribution is -0.148. The van der Waals surface area contributed by atoms with Crippen molar-refractivity contribution in [1.82, 2.24) is 4.57 Å². The summed E-state index contributed by atoms with van der Waals surface area (Å²) in [6.45, 7) is 0.990. The third-order valence-corrected chi connectivity index (χ3v) is 5.57. The molecular formula is C22H19ClFN3O4. The number of amides is 2. The molecule has 0 radical (unpaired) electrons. The normalized spacial score (nSPS) is 15.0. The summed E-state index contributed by atoms with van der Waals surface area (Å²) in [6, 6.07) is 13.5. The van der Waals surface area contributed by atoms with Crippen molar-refractivity contribution in [3.63, 3.8) is 0 Å². The van der Waals surface area contributed by atoms with E-state index in [0.29, 0.717) is 5.02 Å². The molecule has 0 aliphatic heterocycles. The van der Waals surface area contributed by atoms with Crippen LogP contribution in [0.1, 0.15) is 18.1 Å². The number of pyridine rings is 1. The first-order chi connectivity index (χ1) is 14.5. The van der Waals surface area contributed by atoms with Gasteiger partial charge in [0, 0.05) is 22.8 Å². The number of carbonyl (C=O) groups is 2. The van der Waals surface area contributed by atoms with E-state index < -0.39 is 34.2 Å². The maximum absolute atomic E-state index is 15.5. The van der Waals surface area contributed by atoms with Crippen LogP contribution in [0.5, 0.6) is 0 Å². The van der Waals surface area contributed by atoms with Gasteiger partial charge in [-0.1, -0.05) is 35.9 Å². The van der Waals surface area contributed by atoms with E-state index in [9.17, 15) is 19.5 Å². The minimum Gasteiger partial charge on any atom is -0.378 e. The summed E-state index contributed by atoms with van der Waals surface area (Å²) < 4.78 is 16.7. The lowest BCUT2D eigenvalue weighted by atomic mass is 9.62. The summed E-state index contributed by atoms with van der Waals surface area (Å²) in [5, 5.41) is 11.4. The average Bonchev–Trinajstić information content (AvgIpc) is 2.70. The minimum atomic E-state index is -2.61. The lowest BCUT2D eigenvalue weighted by Gasteiger charge is -2.42. The van der Waals surface area contributed by atoms with Crippen molar-refractivity contribution in [2.75, 3.05) is 0 Å². The van der Waals surface area contributed by atoms with Gasteiger partial charge in [-0.15, -0.1) is 0 Å². The van der Waals surface area contributed by atoms with Crippen molar-refractivity contribution in [2.24, 2.45) is 11.5 Å². The molecule has 5 N–H and O–H groups in total. The highest BCUT2D eigenvalue weighted by Gasteiger charge is 2.59. The van der Waals surface area contributed by atoms with E-state index in [4.69, 9.17) is 23.1 Å². The zero-order valence-corrected chi connectivity index (χ0v) is 17.1. The average molecular weight is 444 g/mol. The number of aliphatic hydroxyl groups is 1. The molecule has 0 aliphatic carbocycles. The molecule has 1 heterocycles. The molecule has 3 rings (SSSR count). The van der Waals surface area contributed by atoms with Crippen LogP contribution in [0.4, 0.5) is 4.39 Å². The molecular weight excluding hydrogens is 425 g/mol. The number of nitrogens with zero attached hydrogens (tertiary/aromatic N) is 1. The Bertz CT molecular complexity index is 1220. The Kier molecular flexibility index (Phi) is 5.71. The molecule has 7 nitrogen and oxygen atoms in total. The standard InChI is InChI=1S/C22H19ClFN3O4/c1-21(31,19(25)29)22(20(26)30,13-5-7-14(23)8-6-13)16-10-9-15(12-17(16)24)27-11-3-2-4-18(27)28/h2-12,31H,1H3,(H2,25,29)(H2,26,30)/t21-,22?/m1/s1. The van der Waals surface area contributed by atoms with Gasteiger partial charge in [0.1, 0.15) is 11.2 Å². The number of primary amides is 2. The van der Waals surface area contributed by atoms with E-state index in [0.717, 1.165) is 13.0 Å². The smallest absolute Gasteiger partial charge is 0.255 e. The third-order valence-electron chi connectivity index (χ3n) is 5.31. The summed E-state index contributed by atoms with van der Waals surface area (Å²) in [5.41, 5.74) is 5.47. The Morgan fingerprint density at radius 2 is 1.68 bits per heavy atom. The van der Waals surface area contributed by atoms with Crippen molar-refractivity contribution in [2.45, 2.75) is 17.9 Å². The summed E-state index contributed by atoms with van der Waals surface area (Å²) in [5.74, 6) is -3.48. The molecule has 0 spiro atoms. The van der Waals surface area contributed by atoms with Gasteiger partial charge in [-0.3, -0.25) is 19.0 Å². The molecule has 3 aromatic rings. The first-order valence-corrected chi connectivity index (χ1v) is 9.47. The van der Waals surface area contributed by atoms with E-state index in [1.54, 1.807) is 6.07 Å². The minimum absolute atomic E-state index is 0.0109. The van der Waals surface area contributed by atoms with E-state index >= 15 is 4.39 Å². The molecule has 9 heteroatoms. The predicted molar refractivity (Wildman–Crippen MR) is 113 cm³/mol. The van der Waals surface area contributed by atoms with Crippen molar-refractivity contribution in [3.05, 3.63) is 99.2 Å². The molecule has 31 heavy (non-hydrogen) atoms. The van der Waals surface area contributed by atoms with Gasteiger partial charge in [-0.2, -0.15) is 0 Å². The fourth-order valence-electron chi connectivity index (χ4n) is 3.70. The van der Waals surface area contributed by atoms with Crippen LogP contribution in [0.3, 0.4) is 0 Å². The maximum atomic E-state index is 15.5. The fourth-order valence-corrected chi connectivity index (χ4v) is 3.82. The van der Waals surface area contributed by atoms with Crippen LogP contribution in [-0.4, -0.2) is 27.1 Å². The summed E-state index contributed by atoms with van der Waals surface area (Å²) in [6.07, 6.45) is 1.44. The number of aromatic nitrogens is 1. The van der Waals surface area contributed by atoms with E-state index in [2.05, 4.69) is 0 Å². The second-order valence-corrected chi connectivity index (χ2v) is 7.57. The molecule has 2 amide bonds. The zero-order valence-electron chi connectivity index (χ0n) is 16.4. The number of nitrogens with two attached hydrogens (primary N) is 2. The highest BCUT2D eigenvalue weighted by atomic mass is 35.5. The van der Waals surface area contributed by atoms with Crippen LogP contribution in [0.25, 0.3) is 5.69 Å². The molecule has 1 unspecified atom stereocenters. The molecule has 2 aromatic carbocycles. The van der Waals surface area contributed by atoms with Crippen LogP contribution >= 0.6 is 11.6 Å². The number of hydrogen-bond donors (Lipinski definition) is 3. The van der Waals surface area contributed by atoms with Gasteiger partial charge in [0.05, 0.1) is 5.69 Å². The maximum Gasteiger partial charge on any atom is 0.255 e. The molecule has 0 saturated heterocycles. The highest BCUT2D eigenvalue weighted by molar-refractivity contribution is 6.30. The molecule has 0 aliphatic rings. The van der Waals surface area contributed by atoms with Crippen LogP contribution in [0.2, 0.25) is 5.02 Å². The van der Waals surface area contributed by atoms with Crippen LogP contribution in [0, 0.1) is 5.82 Å². The van der Waals surface area contributed by atoms with Crippen LogP contribution < -0.4 is 17.0 Å². The molecule has 2 atom stereocenters. The van der Waals surface area contributed by atoms with Crippen molar-refractivity contribution < 1.29 is 19.1 Å². The van der Waals surface area contributed by atoms with Crippen LogP contribution in [-0.2, 0) is 15.0 Å². The SMILES string of the molecule is C[C@@](O)(C(N)=O)C(C(N)=O)(c1ccc(Cl)cc1)c1ccc(-n2ccccc2=O)cc1F. The third kappa shape index (κ3) is 3.49. The topological polar surface area (TPSA) is 128 Å². The number of hydrogen-bond acceptors (Lipinski definition) is 4. The van der Waals surface area contributed by atoms with Crippen LogP contribution in [0.15, 0.2) is 71.7 Å². The first-order valence-electron chi connectivity index (χ1n) is 9.09. The Morgan fingerprint density at radius 1 is 1.03 bits per heavy atom. The Balaban J connectivity index is 2.36. The van der Waals surface area contributed by atoms with Gasteiger partial charge in [-0.25, -0.2) is 4.39 Å². The Morgan fingerprint density at radius 3 is 2.19 bits per heavy atom. The van der Waals surface area contributed by atoms with E-state index in [1.165, 1.54) is 59.3 Å². The number of rotatable bonds is 6. The zero-order chi connectivity index (χ0) is 23.0. The molecule has 0 fully saturated rings. The molecule has 1 aromatic heterocycles. The Hall–Kier alpha value is -3.49. The van der Waals surface area contributed by atoms with Gasteiger partial charge in [0.15, 0.2) is 5.60 Å². The van der Waals surface area contributed by atoms with E-state index in [1.807, 2.05) is 0 Å². The van der Waals surface area contributed by atoms with Gasteiger partial charge in [-0.05, 0) is 42.8 Å². The number of benzene rings is 2. The summed E-state index contributed by atoms with van der Waals surface area (Å²) in [7, 11) is 0. The first kappa shape index (κ1) is 22.2. The highest BCUT2D eigenvalue weighted by Crippen LogP contribution is 2.43. The van der Waals surface area contributed by atoms with Gasteiger partial charge in [0.2, 0.25) is 5.91 Å². The molecule has 160 valence electrons. The Labute approximate surface area is 181 Å². The monoisotopic (exact) mass is 443 g/mol. The van der Waals surface area contributed by atoms with Gasteiger partial charge >= 0.3 is 0 Å². The number of halogens is 2. The predicted octanol–water partition coefficient (Wildman–Crippen LogP) is 1.64. The van der Waals surface area contributed by atoms with Crippen molar-refractivity contribution >= 4 is 23.4 Å². The summed E-state index contributed by atoms with van der Waals surface area (Å²) in [4.78, 5) is 37.1. The van der Waals surface area contributed by atoms with Crippen molar-refractivity contribution in [3.8, 4) is 5.69 Å². The fraction of sp³-hybridized carbons (Fsp3) is 0.136. The quantitative estimate of drug-likeness (QED) is 0.534. The van der Waals surface area contributed by atoms with Crippen molar-refractivity contribution in [1.29, 1.82) is 0 Å². The van der Waals surface area contributed by atoms with Gasteiger partial charge < -0.3 is 16.6 Å². The molecule has 0 saturated carbocycles. The summed E-state index contributed by atoms with van der Waals surface area (Å²) >= 11 is 5.92. The largest absolute Gasteiger partial charge is 0.378 e. The molecule has 0 bridgehead atoms. The van der Waals surface area contributed by atoms with E-state index in [-0.39, 0.29) is 16.8 Å². The lowest BCUT2D eigenvalue weighted by Crippen LogP contribution is -2.64. The van der Waals surface area contributed by atoms with Gasteiger partial charge in [0.25, 0.3) is 11.5 Å². The second-order valence-electron chi connectivity index (χ2n) is 7.13. The number of carbonyl (C=O) groups excluding carboxylic acids is 2. The second kappa shape index (κ2) is 7.98.